The van der Waals surface area contributed by atoms with E-state index in [2.05, 4.69) is 13.8 Å². The van der Waals surface area contributed by atoms with Crippen molar-refractivity contribution in [1.82, 2.24) is 0 Å². The largest absolute Gasteiger partial charge is 0.303 e. The molecule has 1 rings (SSSR count). The number of hydrogen-bond acceptors (Lipinski definition) is 3. The van der Waals surface area contributed by atoms with E-state index in [1.165, 1.54) is 0 Å². The van der Waals surface area contributed by atoms with Crippen molar-refractivity contribution >= 4 is 16.1 Å². The first kappa shape index (κ1) is 18.9. The highest BCUT2D eigenvalue weighted by Gasteiger charge is 2.35. The molecule has 22 heavy (non-hydrogen) atoms. The number of carbonyl (C=O) groups excluding carboxylic acids is 1. The van der Waals surface area contributed by atoms with Gasteiger partial charge in [0, 0.05) is 5.41 Å². The molecule has 0 bridgehead atoms. The first-order valence-electron chi connectivity index (χ1n) is 8.15. The van der Waals surface area contributed by atoms with Crippen LogP contribution in [0.3, 0.4) is 0 Å². The molecule has 124 valence electrons. The van der Waals surface area contributed by atoms with Crippen LogP contribution in [0.25, 0.3) is 0 Å². The summed E-state index contributed by atoms with van der Waals surface area (Å²) in [4.78, 5) is 12.1. The normalized spacial score (nSPS) is 12.3. The number of sulfone groups is 1. The van der Waals surface area contributed by atoms with E-state index in [0.717, 1.165) is 37.5 Å². The number of rotatable bonds is 10. The Labute approximate surface area is 135 Å². The molecule has 0 atom stereocenters. The van der Waals surface area contributed by atoms with Gasteiger partial charge in [0.25, 0.3) is 0 Å². The molecule has 0 saturated carbocycles. The summed E-state index contributed by atoms with van der Waals surface area (Å²) < 4.78 is 25.4. The van der Waals surface area contributed by atoms with Gasteiger partial charge >= 0.3 is 0 Å². The second-order valence-corrected chi connectivity index (χ2v) is 8.25. The van der Waals surface area contributed by atoms with Gasteiger partial charge in [-0.1, -0.05) is 57.2 Å². The van der Waals surface area contributed by atoms with E-state index in [9.17, 15) is 13.2 Å². The highest BCUT2D eigenvalue weighted by atomic mass is 32.2. The minimum atomic E-state index is -3.44. The fourth-order valence-corrected chi connectivity index (χ4v) is 4.52. The topological polar surface area (TPSA) is 51.2 Å². The average molecular weight is 324 g/mol. The van der Waals surface area contributed by atoms with Crippen LogP contribution >= 0.6 is 0 Å². The molecule has 0 unspecified atom stereocenters. The van der Waals surface area contributed by atoms with E-state index in [4.69, 9.17) is 0 Å². The van der Waals surface area contributed by atoms with Crippen molar-refractivity contribution in [1.29, 1.82) is 0 Å². The molecule has 0 radical (unpaired) electrons. The Hall–Kier alpha value is -1.16. The summed E-state index contributed by atoms with van der Waals surface area (Å²) in [6.07, 6.45) is 5.89. The van der Waals surface area contributed by atoms with Gasteiger partial charge in [0.05, 0.1) is 10.6 Å². The number of unbranched alkanes of at least 4 members (excludes halogenated alkanes) is 2. The molecule has 0 N–H and O–H groups in total. The van der Waals surface area contributed by atoms with Crippen LogP contribution in [-0.4, -0.2) is 20.5 Å². The van der Waals surface area contributed by atoms with Gasteiger partial charge in [0.1, 0.15) is 6.29 Å². The van der Waals surface area contributed by atoms with Crippen LogP contribution in [0.1, 0.15) is 57.9 Å². The van der Waals surface area contributed by atoms with E-state index in [1.54, 1.807) is 24.3 Å². The molecule has 0 aliphatic carbocycles. The molecule has 4 heteroatoms. The lowest BCUT2D eigenvalue weighted by Crippen LogP contribution is -2.32. The molecule has 0 fully saturated rings. The van der Waals surface area contributed by atoms with Gasteiger partial charge in [-0.2, -0.15) is 0 Å². The van der Waals surface area contributed by atoms with E-state index >= 15 is 0 Å². The van der Waals surface area contributed by atoms with E-state index in [-0.39, 0.29) is 5.75 Å². The summed E-state index contributed by atoms with van der Waals surface area (Å²) in [7, 11) is -3.44. The predicted molar refractivity (Wildman–Crippen MR) is 90.8 cm³/mol. The standard InChI is InChI=1S/C18H28O3S/c1-4-6-12-18(14-19,13-7-5-2)15-22(20,21)17-10-8-16(3)9-11-17/h8-11,14H,4-7,12-13,15H2,1-3H3. The Morgan fingerprint density at radius 2 is 1.50 bits per heavy atom. The van der Waals surface area contributed by atoms with Crippen LogP contribution in [-0.2, 0) is 14.6 Å². The highest BCUT2D eigenvalue weighted by Crippen LogP contribution is 2.32. The van der Waals surface area contributed by atoms with Gasteiger partial charge in [0.15, 0.2) is 9.84 Å². The van der Waals surface area contributed by atoms with Gasteiger partial charge in [-0.15, -0.1) is 0 Å². The third kappa shape index (κ3) is 5.24. The zero-order valence-corrected chi connectivity index (χ0v) is 14.8. The molecule has 0 spiro atoms. The van der Waals surface area contributed by atoms with Gasteiger partial charge in [-0.05, 0) is 31.9 Å². The van der Waals surface area contributed by atoms with Crippen molar-refractivity contribution < 1.29 is 13.2 Å². The average Bonchev–Trinajstić information content (AvgIpc) is 2.50. The van der Waals surface area contributed by atoms with Gasteiger partial charge in [-0.3, -0.25) is 0 Å². The number of hydrogen-bond donors (Lipinski definition) is 0. The summed E-state index contributed by atoms with van der Waals surface area (Å²) in [6, 6.07) is 6.88. The predicted octanol–water partition coefficient (Wildman–Crippen LogP) is 4.33. The molecule has 0 saturated heterocycles. The molecular formula is C18H28O3S. The summed E-state index contributed by atoms with van der Waals surface area (Å²) in [6.45, 7) is 6.04. The number of benzene rings is 1. The molecule has 0 aliphatic rings. The summed E-state index contributed by atoms with van der Waals surface area (Å²) in [5, 5.41) is 0. The van der Waals surface area contributed by atoms with E-state index < -0.39 is 15.3 Å². The third-order valence-corrected chi connectivity index (χ3v) is 6.11. The lowest BCUT2D eigenvalue weighted by Gasteiger charge is -2.27. The molecule has 0 heterocycles. The SMILES string of the molecule is CCCCC(C=O)(CCCC)CS(=O)(=O)c1ccc(C)cc1. The fourth-order valence-electron chi connectivity index (χ4n) is 2.69. The smallest absolute Gasteiger partial charge is 0.179 e. The second-order valence-electron chi connectivity index (χ2n) is 6.26. The molecular weight excluding hydrogens is 296 g/mol. The molecule has 0 aliphatic heterocycles. The second kappa shape index (κ2) is 8.47. The third-order valence-electron chi connectivity index (χ3n) is 4.16. The lowest BCUT2D eigenvalue weighted by molar-refractivity contribution is -0.116. The fraction of sp³-hybridized carbons (Fsp3) is 0.611. The maximum atomic E-state index is 12.7. The molecule has 0 aromatic heterocycles. The summed E-state index contributed by atoms with van der Waals surface area (Å²) >= 11 is 0. The van der Waals surface area contributed by atoms with Crippen molar-refractivity contribution in [2.45, 2.75) is 64.2 Å². The minimum Gasteiger partial charge on any atom is -0.303 e. The van der Waals surface area contributed by atoms with Crippen molar-refractivity contribution in [2.24, 2.45) is 5.41 Å². The Balaban J connectivity index is 3.04. The van der Waals surface area contributed by atoms with Crippen LogP contribution in [0.5, 0.6) is 0 Å². The van der Waals surface area contributed by atoms with Crippen molar-refractivity contribution in [3.05, 3.63) is 29.8 Å². The molecule has 1 aromatic rings. The van der Waals surface area contributed by atoms with Crippen molar-refractivity contribution in [2.75, 3.05) is 5.75 Å². The van der Waals surface area contributed by atoms with Crippen molar-refractivity contribution in [3.63, 3.8) is 0 Å². The monoisotopic (exact) mass is 324 g/mol. The number of aryl methyl sites for hydroxylation is 1. The quantitative estimate of drug-likeness (QED) is 0.602. The van der Waals surface area contributed by atoms with Crippen LogP contribution in [0.15, 0.2) is 29.2 Å². The first-order chi connectivity index (χ1) is 10.4. The van der Waals surface area contributed by atoms with Gasteiger partial charge in [0.2, 0.25) is 0 Å². The zero-order chi connectivity index (χ0) is 16.6. The van der Waals surface area contributed by atoms with Gasteiger partial charge < -0.3 is 4.79 Å². The summed E-state index contributed by atoms with van der Waals surface area (Å²) in [5.74, 6) is -0.0768. The maximum Gasteiger partial charge on any atom is 0.179 e. The highest BCUT2D eigenvalue weighted by molar-refractivity contribution is 7.91. The first-order valence-corrected chi connectivity index (χ1v) is 9.80. The Bertz CT molecular complexity index is 550. The zero-order valence-electron chi connectivity index (χ0n) is 14.0. The number of carbonyl (C=O) groups is 1. The molecule has 0 amide bonds. The van der Waals surface area contributed by atoms with E-state index in [0.29, 0.717) is 17.7 Å². The molecule has 3 nitrogen and oxygen atoms in total. The Kier molecular flexibility index (Phi) is 7.27. The lowest BCUT2D eigenvalue weighted by atomic mass is 9.81. The van der Waals surface area contributed by atoms with Crippen LogP contribution in [0.4, 0.5) is 0 Å². The van der Waals surface area contributed by atoms with Crippen LogP contribution < -0.4 is 0 Å². The van der Waals surface area contributed by atoms with Gasteiger partial charge in [-0.25, -0.2) is 8.42 Å². The summed E-state index contributed by atoms with van der Waals surface area (Å²) in [5.41, 5.74) is 0.285. The Morgan fingerprint density at radius 1 is 1.00 bits per heavy atom. The van der Waals surface area contributed by atoms with Crippen LogP contribution in [0, 0.1) is 12.3 Å². The molecule has 1 aromatic carbocycles. The van der Waals surface area contributed by atoms with Crippen LogP contribution in [0.2, 0.25) is 0 Å². The maximum absolute atomic E-state index is 12.7. The minimum absolute atomic E-state index is 0.0768. The number of aldehydes is 1. The van der Waals surface area contributed by atoms with E-state index in [1.807, 2.05) is 6.92 Å². The van der Waals surface area contributed by atoms with Crippen molar-refractivity contribution in [3.8, 4) is 0 Å². The Morgan fingerprint density at radius 3 is 1.91 bits per heavy atom.